The zero-order chi connectivity index (χ0) is 32.6. The van der Waals surface area contributed by atoms with Crippen LogP contribution in [0.5, 0.6) is 0 Å². The van der Waals surface area contributed by atoms with E-state index in [0.29, 0.717) is 5.56 Å². The van der Waals surface area contributed by atoms with Gasteiger partial charge in [-0.25, -0.2) is 9.59 Å². The van der Waals surface area contributed by atoms with Crippen molar-refractivity contribution in [2.24, 2.45) is 5.73 Å². The van der Waals surface area contributed by atoms with Gasteiger partial charge in [0.2, 0.25) is 11.8 Å². The summed E-state index contributed by atoms with van der Waals surface area (Å²) in [6, 6.07) is 22.1. The Labute approximate surface area is 261 Å². The molecule has 0 radical (unpaired) electrons. The van der Waals surface area contributed by atoms with Crippen LogP contribution in [0.2, 0.25) is 0 Å². The summed E-state index contributed by atoms with van der Waals surface area (Å²) in [7, 11) is 0. The summed E-state index contributed by atoms with van der Waals surface area (Å²) in [5.74, 6) is -2.49. The predicted octanol–water partition coefficient (Wildman–Crippen LogP) is 3.18. The Morgan fingerprint density at radius 3 is 2.07 bits per heavy atom. The van der Waals surface area contributed by atoms with Gasteiger partial charge in [0.05, 0.1) is 0 Å². The van der Waals surface area contributed by atoms with Crippen LogP contribution in [0.3, 0.4) is 0 Å². The van der Waals surface area contributed by atoms with Gasteiger partial charge in [0.25, 0.3) is 5.91 Å². The number of benzene rings is 3. The number of nitrogens with one attached hydrogen (secondary N) is 4. The van der Waals surface area contributed by atoms with E-state index in [1.807, 2.05) is 36.4 Å². The highest BCUT2D eigenvalue weighted by atomic mass is 16.6. The number of amides is 5. The highest BCUT2D eigenvalue weighted by Gasteiger charge is 2.29. The molecular formula is C33H37N5O7. The summed E-state index contributed by atoms with van der Waals surface area (Å²) >= 11 is 0. The minimum Gasteiger partial charge on any atom is -0.449 e. The number of primary amides is 1. The minimum atomic E-state index is -1.15. The van der Waals surface area contributed by atoms with Crippen molar-refractivity contribution in [3.63, 3.8) is 0 Å². The van der Waals surface area contributed by atoms with Crippen molar-refractivity contribution >= 4 is 29.9 Å². The molecule has 0 saturated heterocycles. The van der Waals surface area contributed by atoms with Crippen molar-refractivity contribution in [2.45, 2.75) is 57.7 Å². The number of alkyl carbamates (subject to hydrolysis) is 2. The second-order valence-corrected chi connectivity index (χ2v) is 11.6. The molecule has 0 fully saturated rings. The third-order valence-corrected chi connectivity index (χ3v) is 6.88. The Bertz CT molecular complexity index is 1540. The van der Waals surface area contributed by atoms with Crippen LogP contribution >= 0.6 is 0 Å². The first kappa shape index (κ1) is 32.5. The van der Waals surface area contributed by atoms with Crippen LogP contribution < -0.4 is 27.2 Å². The van der Waals surface area contributed by atoms with E-state index in [1.165, 1.54) is 0 Å². The molecule has 12 heteroatoms. The number of carbonyl (C=O) groups excluding carboxylic acids is 5. The molecule has 1 unspecified atom stereocenters. The van der Waals surface area contributed by atoms with Gasteiger partial charge in [-0.2, -0.15) is 0 Å². The second-order valence-electron chi connectivity index (χ2n) is 11.6. The number of hydrazine groups is 1. The van der Waals surface area contributed by atoms with Crippen LogP contribution in [0.4, 0.5) is 9.59 Å². The van der Waals surface area contributed by atoms with Gasteiger partial charge in [0.15, 0.2) is 0 Å². The molecule has 3 aromatic rings. The number of carbonyl (C=O) groups is 5. The Morgan fingerprint density at radius 1 is 0.822 bits per heavy atom. The van der Waals surface area contributed by atoms with Crippen molar-refractivity contribution in [3.05, 3.63) is 95.1 Å². The number of fused-ring (bicyclic) bond motifs is 3. The molecule has 1 aliphatic rings. The first-order valence-electron chi connectivity index (χ1n) is 14.4. The predicted molar refractivity (Wildman–Crippen MR) is 165 cm³/mol. The summed E-state index contributed by atoms with van der Waals surface area (Å²) in [5.41, 5.74) is 14.4. The molecule has 1 atom stereocenters. The first-order valence-corrected chi connectivity index (χ1v) is 14.4. The maximum Gasteiger partial charge on any atom is 0.408 e. The maximum atomic E-state index is 12.9. The summed E-state index contributed by atoms with van der Waals surface area (Å²) in [5, 5.41) is 5.27. The van der Waals surface area contributed by atoms with Crippen LogP contribution in [-0.4, -0.2) is 48.2 Å². The average molecular weight is 616 g/mol. The Morgan fingerprint density at radius 2 is 1.44 bits per heavy atom. The fourth-order valence-electron chi connectivity index (χ4n) is 5.01. The van der Waals surface area contributed by atoms with Gasteiger partial charge in [0, 0.05) is 18.9 Å². The van der Waals surface area contributed by atoms with E-state index in [2.05, 4.69) is 33.6 Å². The van der Waals surface area contributed by atoms with E-state index in [1.54, 1.807) is 45.0 Å². The highest BCUT2D eigenvalue weighted by Crippen LogP contribution is 2.44. The summed E-state index contributed by atoms with van der Waals surface area (Å²) in [6.45, 7) is 5.38. The smallest absolute Gasteiger partial charge is 0.408 e. The quantitative estimate of drug-likeness (QED) is 0.172. The lowest BCUT2D eigenvalue weighted by Crippen LogP contribution is -2.54. The molecular weight excluding hydrogens is 578 g/mol. The van der Waals surface area contributed by atoms with Crippen molar-refractivity contribution in [3.8, 4) is 11.1 Å². The zero-order valence-electron chi connectivity index (χ0n) is 25.3. The van der Waals surface area contributed by atoms with Gasteiger partial charge in [-0.05, 0) is 54.2 Å². The van der Waals surface area contributed by atoms with Gasteiger partial charge < -0.3 is 25.8 Å². The number of hydrogen-bond donors (Lipinski definition) is 5. The maximum absolute atomic E-state index is 12.9. The van der Waals surface area contributed by atoms with Crippen molar-refractivity contribution in [2.75, 3.05) is 6.61 Å². The Kier molecular flexibility index (Phi) is 10.4. The number of hydrogen-bond acceptors (Lipinski definition) is 7. The minimum absolute atomic E-state index is 0.0234. The van der Waals surface area contributed by atoms with Crippen LogP contribution in [0.25, 0.3) is 11.1 Å². The molecule has 3 aromatic carbocycles. The zero-order valence-corrected chi connectivity index (χ0v) is 25.3. The van der Waals surface area contributed by atoms with Crippen LogP contribution in [0, 0.1) is 0 Å². The average Bonchev–Trinajstić information content (AvgIpc) is 3.30. The summed E-state index contributed by atoms with van der Waals surface area (Å²) in [4.78, 5) is 60.7. The second kappa shape index (κ2) is 14.4. The topological polar surface area (TPSA) is 178 Å². The first-order chi connectivity index (χ1) is 21.4. The van der Waals surface area contributed by atoms with E-state index in [9.17, 15) is 24.0 Å². The van der Waals surface area contributed by atoms with Crippen LogP contribution in [0.1, 0.15) is 55.4 Å². The molecule has 0 bridgehead atoms. The van der Waals surface area contributed by atoms with Crippen molar-refractivity contribution in [1.29, 1.82) is 0 Å². The van der Waals surface area contributed by atoms with Gasteiger partial charge in [-0.3, -0.25) is 25.2 Å². The third-order valence-electron chi connectivity index (χ3n) is 6.88. The SMILES string of the molecule is CC(C)(C)OC(=O)NC(Cc1cccc(CNC(=O)OCC2c3ccccc3-c3ccccc32)c1)C(=O)NNC(=O)CC(N)=O. The van der Waals surface area contributed by atoms with E-state index in [-0.39, 0.29) is 25.5 Å². The Balaban J connectivity index is 1.35. The van der Waals surface area contributed by atoms with Crippen LogP contribution in [0.15, 0.2) is 72.8 Å². The van der Waals surface area contributed by atoms with E-state index in [4.69, 9.17) is 15.2 Å². The van der Waals surface area contributed by atoms with Gasteiger partial charge >= 0.3 is 12.2 Å². The standard InChI is InChI=1S/C33H37N5O7/c1-33(2,3)45-32(43)36-27(30(41)38-37-29(40)17-28(34)39)16-20-9-8-10-21(15-20)18-35-31(42)44-19-26-24-13-6-4-11-22(24)23-12-5-7-14-25(23)26/h4-15,26-27H,16-19H2,1-3H3,(H2,34,39)(H,35,42)(H,36,43)(H,37,40)(H,38,41). The lowest BCUT2D eigenvalue weighted by atomic mass is 9.98. The van der Waals surface area contributed by atoms with E-state index in [0.717, 1.165) is 27.8 Å². The molecule has 45 heavy (non-hydrogen) atoms. The van der Waals surface area contributed by atoms with Crippen molar-refractivity contribution in [1.82, 2.24) is 21.5 Å². The number of nitrogens with two attached hydrogens (primary N) is 1. The van der Waals surface area contributed by atoms with Gasteiger partial charge in [-0.1, -0.05) is 72.8 Å². The molecule has 236 valence electrons. The largest absolute Gasteiger partial charge is 0.449 e. The molecule has 0 aliphatic heterocycles. The molecule has 6 N–H and O–H groups in total. The number of rotatable bonds is 10. The van der Waals surface area contributed by atoms with Crippen LogP contribution in [-0.2, 0) is 36.8 Å². The summed E-state index contributed by atoms with van der Waals surface area (Å²) in [6.07, 6.45) is -2.00. The molecule has 0 spiro atoms. The summed E-state index contributed by atoms with van der Waals surface area (Å²) < 4.78 is 10.9. The molecule has 1 aliphatic carbocycles. The fourth-order valence-corrected chi connectivity index (χ4v) is 5.01. The Hall–Kier alpha value is -5.39. The van der Waals surface area contributed by atoms with Crippen molar-refractivity contribution < 1.29 is 33.4 Å². The monoisotopic (exact) mass is 615 g/mol. The van der Waals surface area contributed by atoms with Gasteiger partial charge in [0.1, 0.15) is 24.7 Å². The molecule has 5 amide bonds. The molecule has 0 heterocycles. The van der Waals surface area contributed by atoms with E-state index >= 15 is 0 Å². The fraction of sp³-hybridized carbons (Fsp3) is 0.303. The lowest BCUT2D eigenvalue weighted by Gasteiger charge is -2.23. The van der Waals surface area contributed by atoms with E-state index < -0.39 is 48.0 Å². The molecule has 12 nitrogen and oxygen atoms in total. The highest BCUT2D eigenvalue weighted by molar-refractivity contribution is 5.97. The molecule has 0 saturated carbocycles. The molecule has 0 aromatic heterocycles. The third kappa shape index (κ3) is 9.30. The normalized spacial score (nSPS) is 12.6. The molecule has 4 rings (SSSR count). The van der Waals surface area contributed by atoms with Gasteiger partial charge in [-0.15, -0.1) is 0 Å². The lowest BCUT2D eigenvalue weighted by molar-refractivity contribution is -0.132. The number of ether oxygens (including phenoxy) is 2.